The van der Waals surface area contributed by atoms with Gasteiger partial charge in [0, 0.05) is 18.3 Å². The number of hydrogen-bond donors (Lipinski definition) is 0. The van der Waals surface area contributed by atoms with E-state index < -0.39 is 5.72 Å². The second kappa shape index (κ2) is 5.03. The molecule has 0 aromatic heterocycles. The van der Waals surface area contributed by atoms with Crippen molar-refractivity contribution < 1.29 is 9.47 Å². The summed E-state index contributed by atoms with van der Waals surface area (Å²) in [4.78, 5) is 2.18. The SMILES string of the molecule is COc1ccc2c(c1)C(C)(C)C1(C=Cc3cc(C#N)ccc3O1)N2C. The number of methoxy groups -OCH3 is 1. The number of hydrogen-bond acceptors (Lipinski definition) is 4. The van der Waals surface area contributed by atoms with E-state index in [2.05, 4.69) is 56.1 Å². The number of nitrogens with zero attached hydrogens (tertiary/aromatic N) is 2. The molecule has 0 aliphatic carbocycles. The predicted octanol–water partition coefficient (Wildman–Crippen LogP) is 4.10. The van der Waals surface area contributed by atoms with E-state index in [1.165, 1.54) is 5.56 Å². The van der Waals surface area contributed by atoms with Crippen LogP contribution in [0.1, 0.15) is 30.5 Å². The molecule has 0 radical (unpaired) electrons. The van der Waals surface area contributed by atoms with E-state index in [0.29, 0.717) is 5.56 Å². The zero-order valence-corrected chi connectivity index (χ0v) is 14.8. The Balaban J connectivity index is 1.85. The summed E-state index contributed by atoms with van der Waals surface area (Å²) in [6, 6.07) is 13.9. The Hall–Kier alpha value is -2.93. The summed E-state index contributed by atoms with van der Waals surface area (Å²) in [5, 5.41) is 9.10. The zero-order chi connectivity index (χ0) is 17.8. The van der Waals surface area contributed by atoms with Crippen LogP contribution in [0.25, 0.3) is 6.08 Å². The highest BCUT2D eigenvalue weighted by Gasteiger charge is 2.57. The van der Waals surface area contributed by atoms with Gasteiger partial charge >= 0.3 is 0 Å². The first-order valence-electron chi connectivity index (χ1n) is 8.28. The Morgan fingerprint density at radius 3 is 2.68 bits per heavy atom. The smallest absolute Gasteiger partial charge is 0.211 e. The Bertz CT molecular complexity index is 939. The van der Waals surface area contributed by atoms with E-state index in [1.807, 2.05) is 18.2 Å². The molecule has 2 aliphatic heterocycles. The third kappa shape index (κ3) is 1.93. The lowest BCUT2D eigenvalue weighted by Crippen LogP contribution is -2.58. The van der Waals surface area contributed by atoms with Gasteiger partial charge in [0.2, 0.25) is 5.72 Å². The number of ether oxygens (including phenoxy) is 2. The number of rotatable bonds is 1. The van der Waals surface area contributed by atoms with Crippen molar-refractivity contribution >= 4 is 11.8 Å². The molecule has 1 atom stereocenters. The van der Waals surface area contributed by atoms with Gasteiger partial charge in [0.25, 0.3) is 0 Å². The topological polar surface area (TPSA) is 45.5 Å². The molecule has 0 bridgehead atoms. The van der Waals surface area contributed by atoms with Crippen LogP contribution in [-0.2, 0) is 5.41 Å². The van der Waals surface area contributed by atoms with Crippen molar-refractivity contribution in [3.63, 3.8) is 0 Å². The highest BCUT2D eigenvalue weighted by molar-refractivity contribution is 5.73. The van der Waals surface area contributed by atoms with Crippen molar-refractivity contribution in [1.29, 1.82) is 5.26 Å². The molecule has 0 saturated heterocycles. The number of benzene rings is 2. The molecule has 2 aliphatic rings. The average molecular weight is 332 g/mol. The maximum atomic E-state index is 9.10. The van der Waals surface area contributed by atoms with Gasteiger partial charge in [0.1, 0.15) is 11.5 Å². The van der Waals surface area contributed by atoms with Crippen LogP contribution in [0.3, 0.4) is 0 Å². The zero-order valence-electron chi connectivity index (χ0n) is 14.8. The second-order valence-corrected chi connectivity index (χ2v) is 7.06. The summed E-state index contributed by atoms with van der Waals surface area (Å²) in [7, 11) is 3.74. The Labute approximate surface area is 147 Å². The van der Waals surface area contributed by atoms with Crippen LogP contribution < -0.4 is 14.4 Å². The van der Waals surface area contributed by atoms with Crippen LogP contribution in [0.2, 0.25) is 0 Å². The van der Waals surface area contributed by atoms with E-state index in [0.717, 1.165) is 22.7 Å². The van der Waals surface area contributed by atoms with Crippen molar-refractivity contribution in [2.45, 2.75) is 25.0 Å². The summed E-state index contributed by atoms with van der Waals surface area (Å²) < 4.78 is 12.0. The van der Waals surface area contributed by atoms with Gasteiger partial charge in [-0.2, -0.15) is 5.26 Å². The molecule has 4 heteroatoms. The third-order valence-electron chi connectivity index (χ3n) is 5.53. The van der Waals surface area contributed by atoms with Gasteiger partial charge in [0.05, 0.1) is 24.2 Å². The van der Waals surface area contributed by atoms with Gasteiger partial charge in [-0.15, -0.1) is 0 Å². The summed E-state index contributed by atoms with van der Waals surface area (Å²) in [5.41, 5.74) is 2.98. The van der Waals surface area contributed by atoms with Gasteiger partial charge in [-0.25, -0.2) is 0 Å². The van der Waals surface area contributed by atoms with Crippen LogP contribution in [0, 0.1) is 11.3 Å². The van der Waals surface area contributed by atoms with Crippen LogP contribution in [0.5, 0.6) is 11.5 Å². The molecule has 2 heterocycles. The molecule has 2 aromatic carbocycles. The molecule has 4 rings (SSSR count). The molecule has 1 unspecified atom stereocenters. The lowest BCUT2D eigenvalue weighted by Gasteiger charge is -2.45. The van der Waals surface area contributed by atoms with Crippen molar-refractivity contribution in [1.82, 2.24) is 0 Å². The lowest BCUT2D eigenvalue weighted by atomic mass is 9.76. The minimum Gasteiger partial charge on any atom is -0.497 e. The molecular formula is C21H20N2O2. The Morgan fingerprint density at radius 2 is 1.96 bits per heavy atom. The van der Waals surface area contributed by atoms with Gasteiger partial charge in [-0.05, 0) is 68.0 Å². The van der Waals surface area contributed by atoms with Crippen molar-refractivity contribution in [2.75, 3.05) is 19.1 Å². The number of anilines is 1. The van der Waals surface area contributed by atoms with Crippen LogP contribution in [-0.4, -0.2) is 19.9 Å². The first kappa shape index (κ1) is 15.6. The van der Waals surface area contributed by atoms with E-state index in [1.54, 1.807) is 13.2 Å². The molecule has 0 amide bonds. The summed E-state index contributed by atoms with van der Waals surface area (Å²) in [6.45, 7) is 4.38. The molecule has 25 heavy (non-hydrogen) atoms. The largest absolute Gasteiger partial charge is 0.497 e. The van der Waals surface area contributed by atoms with E-state index in [-0.39, 0.29) is 5.41 Å². The molecule has 0 saturated carbocycles. The van der Waals surface area contributed by atoms with Crippen molar-refractivity contribution in [2.24, 2.45) is 0 Å². The Kier molecular flexibility index (Phi) is 3.14. The molecular weight excluding hydrogens is 312 g/mol. The van der Waals surface area contributed by atoms with Gasteiger partial charge < -0.3 is 14.4 Å². The molecule has 1 spiro atoms. The summed E-state index contributed by atoms with van der Waals surface area (Å²) >= 11 is 0. The second-order valence-electron chi connectivity index (χ2n) is 7.06. The van der Waals surface area contributed by atoms with Gasteiger partial charge in [0.15, 0.2) is 0 Å². The summed E-state index contributed by atoms with van der Waals surface area (Å²) in [5.74, 6) is 1.64. The fraction of sp³-hybridized carbons (Fsp3) is 0.286. The first-order chi connectivity index (χ1) is 11.9. The van der Waals surface area contributed by atoms with Gasteiger partial charge in [-0.1, -0.05) is 0 Å². The predicted molar refractivity (Wildman–Crippen MR) is 98.0 cm³/mol. The first-order valence-corrected chi connectivity index (χ1v) is 8.28. The molecule has 4 nitrogen and oxygen atoms in total. The number of likely N-dealkylation sites (N-methyl/N-ethyl adjacent to an activating group) is 1. The number of fused-ring (bicyclic) bond motifs is 2. The fourth-order valence-electron chi connectivity index (χ4n) is 3.99. The van der Waals surface area contributed by atoms with Crippen molar-refractivity contribution in [3.05, 3.63) is 59.2 Å². The normalized spacial score (nSPS) is 22.1. The van der Waals surface area contributed by atoms with E-state index >= 15 is 0 Å². The minimum absolute atomic E-state index is 0.284. The average Bonchev–Trinajstić information content (AvgIpc) is 2.79. The standard InChI is InChI=1S/C21H20N2O2/c1-20(2)17-12-16(24-4)6-7-18(17)23(3)21(20)10-9-15-11-14(13-22)5-8-19(15)25-21/h5-12H,1-4H3. The molecule has 2 aromatic rings. The van der Waals surface area contributed by atoms with E-state index in [9.17, 15) is 0 Å². The molecule has 0 N–H and O–H groups in total. The highest BCUT2D eigenvalue weighted by Crippen LogP contribution is 2.54. The Morgan fingerprint density at radius 1 is 1.16 bits per heavy atom. The van der Waals surface area contributed by atoms with Crippen LogP contribution in [0.4, 0.5) is 5.69 Å². The molecule has 0 fully saturated rings. The van der Waals surface area contributed by atoms with E-state index in [4.69, 9.17) is 14.7 Å². The summed E-state index contributed by atoms with van der Waals surface area (Å²) in [6.07, 6.45) is 4.16. The van der Waals surface area contributed by atoms with Gasteiger partial charge in [-0.3, -0.25) is 0 Å². The minimum atomic E-state index is -0.622. The highest BCUT2D eigenvalue weighted by atomic mass is 16.5. The third-order valence-corrected chi connectivity index (χ3v) is 5.53. The molecule has 126 valence electrons. The maximum Gasteiger partial charge on any atom is 0.211 e. The number of nitriles is 1. The van der Waals surface area contributed by atoms with Crippen LogP contribution >= 0.6 is 0 Å². The van der Waals surface area contributed by atoms with Crippen molar-refractivity contribution in [3.8, 4) is 17.6 Å². The van der Waals surface area contributed by atoms with Crippen LogP contribution in [0.15, 0.2) is 42.5 Å². The quantitative estimate of drug-likeness (QED) is 0.789. The maximum absolute atomic E-state index is 9.10. The lowest BCUT2D eigenvalue weighted by molar-refractivity contribution is 0.0581. The monoisotopic (exact) mass is 332 g/mol. The fourth-order valence-corrected chi connectivity index (χ4v) is 3.99.